The Hall–Kier alpha value is -2.36. The van der Waals surface area contributed by atoms with Crippen LogP contribution in [0.1, 0.15) is 62.1 Å². The summed E-state index contributed by atoms with van der Waals surface area (Å²) in [7, 11) is 0. The number of hydrogen-bond acceptors (Lipinski definition) is 4. The Bertz CT molecular complexity index is 983. The summed E-state index contributed by atoms with van der Waals surface area (Å²) in [6, 6.07) is 14.7. The maximum absolute atomic E-state index is 5.45. The van der Waals surface area contributed by atoms with Gasteiger partial charge in [-0.1, -0.05) is 44.2 Å². The van der Waals surface area contributed by atoms with Gasteiger partial charge in [-0.3, -0.25) is 4.99 Å². The predicted octanol–water partition coefficient (Wildman–Crippen LogP) is 4.47. The number of hydrogen-bond donors (Lipinski definition) is 2. The van der Waals surface area contributed by atoms with Crippen molar-refractivity contribution in [3.63, 3.8) is 0 Å². The van der Waals surface area contributed by atoms with Crippen LogP contribution >= 0.6 is 24.0 Å². The lowest BCUT2D eigenvalue weighted by atomic mass is 10.1. The highest BCUT2D eigenvalue weighted by molar-refractivity contribution is 14.0. The molecule has 2 unspecified atom stereocenters. The molecule has 2 aromatic heterocycles. The second kappa shape index (κ2) is 11.5. The zero-order valence-corrected chi connectivity index (χ0v) is 21.3. The molecule has 0 saturated heterocycles. The van der Waals surface area contributed by atoms with E-state index in [1.165, 1.54) is 5.56 Å². The molecule has 8 heteroatoms. The summed E-state index contributed by atoms with van der Waals surface area (Å²) in [6.07, 6.45) is 4.41. The number of benzene rings is 1. The number of fused-ring (bicyclic) bond motifs is 1. The van der Waals surface area contributed by atoms with E-state index in [1.807, 2.05) is 18.2 Å². The number of halogens is 1. The molecule has 172 valence electrons. The van der Waals surface area contributed by atoms with Crippen LogP contribution in [0.4, 0.5) is 0 Å². The lowest BCUT2D eigenvalue weighted by molar-refractivity contribution is 0.390. The second-order valence-corrected chi connectivity index (χ2v) is 8.44. The highest BCUT2D eigenvalue weighted by Gasteiger charge is 2.23. The Labute approximate surface area is 207 Å². The summed E-state index contributed by atoms with van der Waals surface area (Å²) >= 11 is 0. The third-order valence-corrected chi connectivity index (χ3v) is 5.59. The average molecular weight is 548 g/mol. The van der Waals surface area contributed by atoms with Crippen molar-refractivity contribution in [1.29, 1.82) is 0 Å². The monoisotopic (exact) mass is 548 g/mol. The van der Waals surface area contributed by atoms with Crippen molar-refractivity contribution in [2.75, 3.05) is 6.54 Å². The number of guanidine groups is 1. The molecular weight excluding hydrogens is 515 g/mol. The largest absolute Gasteiger partial charge is 0.469 e. The molecule has 0 amide bonds. The number of rotatable bonds is 7. The number of furan rings is 1. The first-order chi connectivity index (χ1) is 15.1. The van der Waals surface area contributed by atoms with E-state index in [0.29, 0.717) is 12.5 Å². The summed E-state index contributed by atoms with van der Waals surface area (Å²) in [6.45, 7) is 7.88. The van der Waals surface area contributed by atoms with Gasteiger partial charge in [-0.2, -0.15) is 5.10 Å². The van der Waals surface area contributed by atoms with Gasteiger partial charge in [0.05, 0.1) is 18.8 Å². The molecule has 4 rings (SSSR count). The van der Waals surface area contributed by atoms with Gasteiger partial charge in [-0.25, -0.2) is 9.67 Å². The minimum Gasteiger partial charge on any atom is -0.469 e. The Morgan fingerprint density at radius 1 is 1.19 bits per heavy atom. The first-order valence-electron chi connectivity index (χ1n) is 11.2. The van der Waals surface area contributed by atoms with E-state index >= 15 is 0 Å². The van der Waals surface area contributed by atoms with Crippen molar-refractivity contribution in [3.05, 3.63) is 71.7 Å². The van der Waals surface area contributed by atoms with Crippen molar-refractivity contribution in [2.45, 2.75) is 64.6 Å². The normalized spacial score (nSPS) is 16.9. The lowest BCUT2D eigenvalue weighted by Crippen LogP contribution is -2.47. The predicted molar refractivity (Wildman–Crippen MR) is 137 cm³/mol. The molecule has 0 radical (unpaired) electrons. The van der Waals surface area contributed by atoms with E-state index in [2.05, 4.69) is 60.4 Å². The lowest BCUT2D eigenvalue weighted by Gasteiger charge is -2.27. The van der Waals surface area contributed by atoms with Crippen LogP contribution < -0.4 is 10.6 Å². The summed E-state index contributed by atoms with van der Waals surface area (Å²) in [5.74, 6) is 4.13. The fourth-order valence-corrected chi connectivity index (χ4v) is 3.78. The van der Waals surface area contributed by atoms with Crippen LogP contribution in [0.5, 0.6) is 0 Å². The van der Waals surface area contributed by atoms with Crippen LogP contribution in [-0.2, 0) is 19.4 Å². The number of aliphatic imine (C=N–C) groups is 1. The van der Waals surface area contributed by atoms with Crippen LogP contribution in [0.25, 0.3) is 0 Å². The first-order valence-corrected chi connectivity index (χ1v) is 11.2. The standard InChI is InChI=1S/C24H32N6O.HI/c1-17(2)23-28-22-12-11-20(16-30(22)29-23)27-24(25-14-13-21-10-7-15-31-21)26-18(3)19-8-5-4-6-9-19;/h4-10,15,17-18,20H,11-14,16H2,1-3H3,(H2,25,26,27);1H. The first kappa shape index (κ1) is 24.3. The van der Waals surface area contributed by atoms with Crippen LogP contribution in [0.2, 0.25) is 0 Å². The van der Waals surface area contributed by atoms with Gasteiger partial charge in [-0.15, -0.1) is 24.0 Å². The average Bonchev–Trinajstić information content (AvgIpc) is 3.44. The fraction of sp³-hybridized carbons (Fsp3) is 0.458. The van der Waals surface area contributed by atoms with Gasteiger partial charge < -0.3 is 15.1 Å². The van der Waals surface area contributed by atoms with Gasteiger partial charge in [-0.05, 0) is 31.0 Å². The highest BCUT2D eigenvalue weighted by atomic mass is 127. The zero-order valence-electron chi connectivity index (χ0n) is 19.0. The minimum absolute atomic E-state index is 0. The van der Waals surface area contributed by atoms with Crippen LogP contribution in [0, 0.1) is 0 Å². The van der Waals surface area contributed by atoms with E-state index in [-0.39, 0.29) is 36.1 Å². The topological polar surface area (TPSA) is 80.3 Å². The van der Waals surface area contributed by atoms with Gasteiger partial charge in [0.15, 0.2) is 11.8 Å². The smallest absolute Gasteiger partial charge is 0.192 e. The molecule has 1 aliphatic heterocycles. The third kappa shape index (κ3) is 6.34. The summed E-state index contributed by atoms with van der Waals surface area (Å²) in [5, 5.41) is 11.9. The Balaban J connectivity index is 0.00000289. The molecule has 3 heterocycles. The molecule has 2 N–H and O–H groups in total. The second-order valence-electron chi connectivity index (χ2n) is 8.44. The zero-order chi connectivity index (χ0) is 21.6. The molecule has 3 aromatic rings. The summed E-state index contributed by atoms with van der Waals surface area (Å²) in [5.41, 5.74) is 1.23. The number of aromatic nitrogens is 3. The van der Waals surface area contributed by atoms with Crippen LogP contribution in [0.3, 0.4) is 0 Å². The molecule has 32 heavy (non-hydrogen) atoms. The summed E-state index contributed by atoms with van der Waals surface area (Å²) in [4.78, 5) is 9.53. The van der Waals surface area contributed by atoms with Crippen molar-refractivity contribution in [1.82, 2.24) is 25.4 Å². The Morgan fingerprint density at radius 3 is 2.72 bits per heavy atom. The van der Waals surface area contributed by atoms with Crippen molar-refractivity contribution in [3.8, 4) is 0 Å². The Kier molecular flexibility index (Phi) is 8.72. The van der Waals surface area contributed by atoms with E-state index in [9.17, 15) is 0 Å². The highest BCUT2D eigenvalue weighted by Crippen LogP contribution is 2.17. The van der Waals surface area contributed by atoms with Crippen molar-refractivity contribution < 1.29 is 4.42 Å². The van der Waals surface area contributed by atoms with Crippen molar-refractivity contribution in [2.24, 2.45) is 4.99 Å². The molecule has 7 nitrogen and oxygen atoms in total. The number of nitrogens with one attached hydrogen (secondary N) is 2. The maximum atomic E-state index is 5.45. The van der Waals surface area contributed by atoms with Gasteiger partial charge >= 0.3 is 0 Å². The number of nitrogens with zero attached hydrogens (tertiary/aromatic N) is 4. The van der Waals surface area contributed by atoms with E-state index in [1.54, 1.807) is 6.26 Å². The fourth-order valence-electron chi connectivity index (χ4n) is 3.78. The molecule has 1 aromatic carbocycles. The molecule has 0 spiro atoms. The third-order valence-electron chi connectivity index (χ3n) is 5.59. The van der Waals surface area contributed by atoms with Gasteiger partial charge in [0, 0.05) is 31.3 Å². The quantitative estimate of drug-likeness (QED) is 0.259. The summed E-state index contributed by atoms with van der Waals surface area (Å²) < 4.78 is 7.50. The van der Waals surface area contributed by atoms with E-state index in [4.69, 9.17) is 19.5 Å². The molecule has 0 fully saturated rings. The molecule has 0 saturated carbocycles. The Morgan fingerprint density at radius 2 is 2.00 bits per heavy atom. The molecule has 1 aliphatic rings. The van der Waals surface area contributed by atoms with E-state index in [0.717, 1.165) is 49.2 Å². The number of aryl methyl sites for hydroxylation is 1. The van der Waals surface area contributed by atoms with Gasteiger partial charge in [0.1, 0.15) is 11.6 Å². The van der Waals surface area contributed by atoms with Gasteiger partial charge in [0.2, 0.25) is 0 Å². The molecule has 0 aliphatic carbocycles. The van der Waals surface area contributed by atoms with Crippen molar-refractivity contribution >= 4 is 29.9 Å². The molecule has 2 atom stereocenters. The maximum Gasteiger partial charge on any atom is 0.192 e. The molecule has 0 bridgehead atoms. The van der Waals surface area contributed by atoms with Crippen LogP contribution in [0.15, 0.2) is 58.1 Å². The molecular formula is C24H33IN6O. The van der Waals surface area contributed by atoms with Crippen LogP contribution in [-0.4, -0.2) is 33.3 Å². The van der Waals surface area contributed by atoms with E-state index < -0.39 is 0 Å². The minimum atomic E-state index is 0. The SMILES string of the molecule is CC(C)c1nc2n(n1)CC(NC(=NCCc1ccco1)NC(C)c1ccccc1)CC2.I. The van der Waals surface area contributed by atoms with Gasteiger partial charge in [0.25, 0.3) is 0 Å².